The quantitative estimate of drug-likeness (QED) is 0.786. The highest BCUT2D eigenvalue weighted by atomic mass is 16.5. The maximum Gasteiger partial charge on any atom is 0.226 e. The van der Waals surface area contributed by atoms with Gasteiger partial charge in [0.2, 0.25) is 11.9 Å². The molecule has 1 atom stereocenters. The van der Waals surface area contributed by atoms with Crippen molar-refractivity contribution in [2.75, 3.05) is 31.7 Å². The summed E-state index contributed by atoms with van der Waals surface area (Å²) in [4.78, 5) is 23.1. The van der Waals surface area contributed by atoms with Crippen molar-refractivity contribution in [3.8, 4) is 0 Å². The van der Waals surface area contributed by atoms with Crippen LogP contribution in [0.25, 0.3) is 0 Å². The summed E-state index contributed by atoms with van der Waals surface area (Å²) in [6, 6.07) is 3.74. The van der Waals surface area contributed by atoms with Crippen molar-refractivity contribution in [2.24, 2.45) is 5.92 Å². The lowest BCUT2D eigenvalue weighted by Crippen LogP contribution is -2.40. The predicted molar refractivity (Wildman–Crippen MR) is 83.7 cm³/mol. The van der Waals surface area contributed by atoms with Gasteiger partial charge in [-0.1, -0.05) is 0 Å². The number of fused-ring (bicyclic) bond motifs is 1. The first kappa shape index (κ1) is 15.4. The Kier molecular flexibility index (Phi) is 4.82. The maximum atomic E-state index is 12.5. The molecular weight excluding hydrogens is 296 g/mol. The Morgan fingerprint density at radius 1 is 1.35 bits per heavy atom. The fourth-order valence-electron chi connectivity index (χ4n) is 2.64. The van der Waals surface area contributed by atoms with Crippen molar-refractivity contribution >= 4 is 11.9 Å². The normalized spacial score (nSPS) is 17.4. The van der Waals surface area contributed by atoms with E-state index in [-0.39, 0.29) is 11.8 Å². The number of ether oxygens (including phenoxy) is 1. The minimum Gasteiger partial charge on any atom is -0.383 e. The molecule has 1 N–H and O–H groups in total. The number of nitrogens with one attached hydrogen (secondary N) is 1. The van der Waals surface area contributed by atoms with Gasteiger partial charge < -0.3 is 15.0 Å². The van der Waals surface area contributed by atoms with E-state index in [0.29, 0.717) is 38.7 Å². The first-order valence-corrected chi connectivity index (χ1v) is 7.57. The summed E-state index contributed by atoms with van der Waals surface area (Å²) in [5, 5.41) is 7.22. The van der Waals surface area contributed by atoms with E-state index in [2.05, 4.69) is 20.4 Å². The van der Waals surface area contributed by atoms with Crippen LogP contribution in [0.1, 0.15) is 5.69 Å². The van der Waals surface area contributed by atoms with E-state index in [1.807, 2.05) is 15.6 Å². The zero-order chi connectivity index (χ0) is 16.1. The Hall–Kier alpha value is -2.48. The molecule has 0 aromatic carbocycles. The number of carbonyl (C=O) groups is 1. The molecule has 0 spiro atoms. The lowest BCUT2D eigenvalue weighted by atomic mass is 10.1. The Morgan fingerprint density at radius 2 is 2.17 bits per heavy atom. The number of methoxy groups -OCH3 is 1. The fourth-order valence-corrected chi connectivity index (χ4v) is 2.64. The molecule has 122 valence electrons. The SMILES string of the molecule is COCCNC(=O)C1CN(c2ncccn2)Cc2ccnn2C1. The van der Waals surface area contributed by atoms with Crippen LogP contribution in [0.3, 0.4) is 0 Å². The molecule has 3 heterocycles. The van der Waals surface area contributed by atoms with Gasteiger partial charge in [-0.2, -0.15) is 5.10 Å². The van der Waals surface area contributed by atoms with E-state index in [1.54, 1.807) is 31.8 Å². The van der Waals surface area contributed by atoms with E-state index < -0.39 is 0 Å². The highest BCUT2D eigenvalue weighted by Crippen LogP contribution is 2.19. The lowest BCUT2D eigenvalue weighted by molar-refractivity contribution is -0.125. The number of aromatic nitrogens is 4. The Balaban J connectivity index is 1.79. The van der Waals surface area contributed by atoms with Crippen LogP contribution in [0.4, 0.5) is 5.95 Å². The number of anilines is 1. The molecule has 8 heteroatoms. The molecule has 0 fully saturated rings. The third-order valence-corrected chi connectivity index (χ3v) is 3.80. The Bertz CT molecular complexity index is 644. The summed E-state index contributed by atoms with van der Waals surface area (Å²) in [6.45, 7) is 2.72. The van der Waals surface area contributed by atoms with E-state index in [1.165, 1.54) is 0 Å². The fraction of sp³-hybridized carbons (Fsp3) is 0.467. The molecule has 3 rings (SSSR count). The van der Waals surface area contributed by atoms with Gasteiger partial charge in [0, 0.05) is 38.8 Å². The Morgan fingerprint density at radius 3 is 2.96 bits per heavy atom. The number of amides is 1. The molecule has 1 unspecified atom stereocenters. The van der Waals surface area contributed by atoms with Crippen molar-refractivity contribution in [3.05, 3.63) is 36.4 Å². The van der Waals surface area contributed by atoms with E-state index in [9.17, 15) is 4.79 Å². The maximum absolute atomic E-state index is 12.5. The molecule has 1 aliphatic heterocycles. The van der Waals surface area contributed by atoms with Crippen molar-refractivity contribution < 1.29 is 9.53 Å². The van der Waals surface area contributed by atoms with Gasteiger partial charge in [-0.3, -0.25) is 9.48 Å². The molecule has 0 saturated carbocycles. The van der Waals surface area contributed by atoms with E-state index in [0.717, 1.165) is 5.69 Å². The molecule has 23 heavy (non-hydrogen) atoms. The molecule has 0 bridgehead atoms. The molecule has 2 aromatic rings. The van der Waals surface area contributed by atoms with Gasteiger partial charge in [-0.25, -0.2) is 9.97 Å². The van der Waals surface area contributed by atoms with Gasteiger partial charge in [0.05, 0.1) is 31.3 Å². The summed E-state index contributed by atoms with van der Waals surface area (Å²) >= 11 is 0. The van der Waals surface area contributed by atoms with E-state index >= 15 is 0 Å². The van der Waals surface area contributed by atoms with Gasteiger partial charge in [0.15, 0.2) is 0 Å². The second-order valence-electron chi connectivity index (χ2n) is 5.41. The van der Waals surface area contributed by atoms with Crippen LogP contribution >= 0.6 is 0 Å². The summed E-state index contributed by atoms with van der Waals surface area (Å²) in [5.41, 5.74) is 1.05. The lowest BCUT2D eigenvalue weighted by Gasteiger charge is -2.23. The van der Waals surface area contributed by atoms with Crippen LogP contribution in [0.15, 0.2) is 30.7 Å². The number of carbonyl (C=O) groups excluding carboxylic acids is 1. The standard InChI is InChI=1S/C15H20N6O2/c1-23-8-7-16-14(22)12-9-20(15-17-4-2-5-18-15)11-13-3-6-19-21(13)10-12/h2-6,12H,7-11H2,1H3,(H,16,22). The zero-order valence-electron chi connectivity index (χ0n) is 13.1. The zero-order valence-corrected chi connectivity index (χ0v) is 13.1. The molecule has 2 aromatic heterocycles. The van der Waals surface area contributed by atoms with Crippen LogP contribution in [0.5, 0.6) is 0 Å². The van der Waals surface area contributed by atoms with Crippen LogP contribution in [0.2, 0.25) is 0 Å². The third-order valence-electron chi connectivity index (χ3n) is 3.80. The number of hydrogen-bond donors (Lipinski definition) is 1. The monoisotopic (exact) mass is 316 g/mol. The highest BCUT2D eigenvalue weighted by molar-refractivity contribution is 5.79. The third kappa shape index (κ3) is 3.65. The van der Waals surface area contributed by atoms with Crippen LogP contribution in [0, 0.1) is 5.92 Å². The molecular formula is C15H20N6O2. The second kappa shape index (κ2) is 7.19. The van der Waals surface area contributed by atoms with Crippen LogP contribution in [-0.4, -0.2) is 52.5 Å². The number of hydrogen-bond acceptors (Lipinski definition) is 6. The summed E-state index contributed by atoms with van der Waals surface area (Å²) < 4.78 is 6.85. The van der Waals surface area contributed by atoms with E-state index in [4.69, 9.17) is 4.74 Å². The molecule has 0 saturated heterocycles. The van der Waals surface area contributed by atoms with Gasteiger partial charge in [-0.15, -0.1) is 0 Å². The van der Waals surface area contributed by atoms with Gasteiger partial charge in [-0.05, 0) is 12.1 Å². The number of nitrogens with zero attached hydrogens (tertiary/aromatic N) is 5. The smallest absolute Gasteiger partial charge is 0.226 e. The van der Waals surface area contributed by atoms with Crippen molar-refractivity contribution in [1.29, 1.82) is 0 Å². The van der Waals surface area contributed by atoms with Crippen molar-refractivity contribution in [1.82, 2.24) is 25.1 Å². The van der Waals surface area contributed by atoms with Gasteiger partial charge in [0.1, 0.15) is 0 Å². The number of rotatable bonds is 5. The molecule has 0 radical (unpaired) electrons. The largest absolute Gasteiger partial charge is 0.383 e. The minimum absolute atomic E-state index is 0.00803. The second-order valence-corrected chi connectivity index (χ2v) is 5.41. The molecule has 0 aliphatic carbocycles. The minimum atomic E-state index is -0.225. The van der Waals surface area contributed by atoms with Gasteiger partial charge in [0.25, 0.3) is 0 Å². The van der Waals surface area contributed by atoms with Crippen molar-refractivity contribution in [3.63, 3.8) is 0 Å². The first-order chi connectivity index (χ1) is 11.3. The summed E-state index contributed by atoms with van der Waals surface area (Å²) in [7, 11) is 1.61. The molecule has 8 nitrogen and oxygen atoms in total. The summed E-state index contributed by atoms with van der Waals surface area (Å²) in [6.07, 6.45) is 5.17. The Labute approximate surface area is 134 Å². The predicted octanol–water partition coefficient (Wildman–Crippen LogP) is 0.0721. The average molecular weight is 316 g/mol. The topological polar surface area (TPSA) is 85.2 Å². The van der Waals surface area contributed by atoms with Crippen LogP contribution in [-0.2, 0) is 22.6 Å². The molecule has 1 aliphatic rings. The average Bonchev–Trinajstić information content (AvgIpc) is 2.93. The van der Waals surface area contributed by atoms with Gasteiger partial charge >= 0.3 is 0 Å². The highest BCUT2D eigenvalue weighted by Gasteiger charge is 2.28. The van der Waals surface area contributed by atoms with Crippen molar-refractivity contribution in [2.45, 2.75) is 13.1 Å². The molecule has 1 amide bonds. The summed E-state index contributed by atoms with van der Waals surface area (Å²) in [5.74, 6) is 0.389. The van der Waals surface area contributed by atoms with Crippen LogP contribution < -0.4 is 10.2 Å². The first-order valence-electron chi connectivity index (χ1n) is 7.57.